The van der Waals surface area contributed by atoms with Gasteiger partial charge in [-0.1, -0.05) is 38.3 Å². The standard InChI is InChI=1S/C18H29NO3S/c1-6-7-8-9-16(19-23(21)18(2,3)4)14-10-12-15(13-11-14)17(20)22-5/h10-13,16,19H,6-9H2,1-5H3. The smallest absolute Gasteiger partial charge is 0.337 e. The molecular formula is C18H29NO3S. The van der Waals surface area contributed by atoms with Crippen molar-refractivity contribution in [1.29, 1.82) is 0 Å². The Bertz CT molecular complexity index is 520. The minimum atomic E-state index is -1.13. The van der Waals surface area contributed by atoms with Gasteiger partial charge in [0.15, 0.2) is 0 Å². The summed E-state index contributed by atoms with van der Waals surface area (Å²) in [6, 6.07) is 7.37. The molecule has 0 radical (unpaired) electrons. The van der Waals surface area contributed by atoms with E-state index in [-0.39, 0.29) is 16.8 Å². The first-order chi connectivity index (χ1) is 10.8. The summed E-state index contributed by atoms with van der Waals surface area (Å²) in [5.74, 6) is -0.342. The van der Waals surface area contributed by atoms with Crippen LogP contribution in [0.25, 0.3) is 0 Å². The molecule has 2 unspecified atom stereocenters. The van der Waals surface area contributed by atoms with Crippen LogP contribution in [0.4, 0.5) is 0 Å². The van der Waals surface area contributed by atoms with E-state index in [2.05, 4.69) is 11.6 Å². The lowest BCUT2D eigenvalue weighted by atomic mass is 10.00. The molecule has 1 N–H and O–H groups in total. The highest BCUT2D eigenvalue weighted by atomic mass is 32.2. The monoisotopic (exact) mass is 339 g/mol. The summed E-state index contributed by atoms with van der Waals surface area (Å²) in [5, 5.41) is 0. The van der Waals surface area contributed by atoms with E-state index < -0.39 is 11.0 Å². The molecule has 23 heavy (non-hydrogen) atoms. The van der Waals surface area contributed by atoms with Crippen molar-refractivity contribution in [2.45, 2.75) is 64.2 Å². The van der Waals surface area contributed by atoms with Crippen LogP contribution in [-0.2, 0) is 15.7 Å². The molecule has 1 rings (SSSR count). The SMILES string of the molecule is CCCCCC(NS(=O)C(C)(C)C)c1ccc(C(=O)OC)cc1. The Morgan fingerprint density at radius 3 is 2.30 bits per heavy atom. The first kappa shape index (κ1) is 19.8. The van der Waals surface area contributed by atoms with Gasteiger partial charge in [0.25, 0.3) is 0 Å². The Labute approximate surface area is 142 Å². The highest BCUT2D eigenvalue weighted by molar-refractivity contribution is 7.84. The van der Waals surface area contributed by atoms with Crippen molar-refractivity contribution in [3.05, 3.63) is 35.4 Å². The second-order valence-corrected chi connectivity index (χ2v) is 8.66. The summed E-state index contributed by atoms with van der Waals surface area (Å²) in [6.45, 7) is 8.04. The van der Waals surface area contributed by atoms with Crippen molar-refractivity contribution in [2.75, 3.05) is 7.11 Å². The lowest BCUT2D eigenvalue weighted by Gasteiger charge is -2.24. The van der Waals surface area contributed by atoms with Gasteiger partial charge in [-0.3, -0.25) is 0 Å². The molecule has 1 aromatic rings. The zero-order valence-corrected chi connectivity index (χ0v) is 15.7. The molecule has 0 fully saturated rings. The number of rotatable bonds is 8. The van der Waals surface area contributed by atoms with Crippen molar-refractivity contribution in [2.24, 2.45) is 0 Å². The van der Waals surface area contributed by atoms with E-state index >= 15 is 0 Å². The lowest BCUT2D eigenvalue weighted by Crippen LogP contribution is -2.35. The molecule has 0 saturated carbocycles. The van der Waals surface area contributed by atoms with Crippen LogP contribution < -0.4 is 4.72 Å². The van der Waals surface area contributed by atoms with Gasteiger partial charge < -0.3 is 4.74 Å². The highest BCUT2D eigenvalue weighted by Gasteiger charge is 2.23. The first-order valence-electron chi connectivity index (χ1n) is 8.16. The van der Waals surface area contributed by atoms with Crippen molar-refractivity contribution in [3.63, 3.8) is 0 Å². The summed E-state index contributed by atoms with van der Waals surface area (Å²) < 4.78 is 20.1. The van der Waals surface area contributed by atoms with E-state index in [1.54, 1.807) is 12.1 Å². The van der Waals surface area contributed by atoms with Gasteiger partial charge in [0.1, 0.15) is 0 Å². The number of hydrogen-bond donors (Lipinski definition) is 1. The summed E-state index contributed by atoms with van der Waals surface area (Å²) in [5.41, 5.74) is 1.58. The number of nitrogens with one attached hydrogen (secondary N) is 1. The Hall–Kier alpha value is -1.20. The molecule has 4 nitrogen and oxygen atoms in total. The summed E-state index contributed by atoms with van der Waals surface area (Å²) in [7, 11) is 0.242. The number of ether oxygens (including phenoxy) is 1. The normalized spacial score (nSPS) is 14.3. The summed E-state index contributed by atoms with van der Waals surface area (Å²) >= 11 is 0. The minimum absolute atomic E-state index is 0.0216. The quantitative estimate of drug-likeness (QED) is 0.572. The first-order valence-corrected chi connectivity index (χ1v) is 9.31. The number of methoxy groups -OCH3 is 1. The van der Waals surface area contributed by atoms with Crippen molar-refractivity contribution < 1.29 is 13.7 Å². The molecule has 5 heteroatoms. The van der Waals surface area contributed by atoms with Gasteiger partial charge in [-0.05, 0) is 44.9 Å². The zero-order chi connectivity index (χ0) is 17.5. The molecule has 1 aromatic carbocycles. The Kier molecular flexibility index (Phi) is 7.92. The van der Waals surface area contributed by atoms with Gasteiger partial charge in [-0.25, -0.2) is 13.7 Å². The third-order valence-electron chi connectivity index (χ3n) is 3.64. The predicted molar refractivity (Wildman–Crippen MR) is 95.7 cm³/mol. The van der Waals surface area contributed by atoms with Gasteiger partial charge >= 0.3 is 5.97 Å². The predicted octanol–water partition coefficient (Wildman–Crippen LogP) is 4.15. The van der Waals surface area contributed by atoms with E-state index in [1.807, 2.05) is 32.9 Å². The summed E-state index contributed by atoms with van der Waals surface area (Å²) in [4.78, 5) is 11.5. The van der Waals surface area contributed by atoms with E-state index in [9.17, 15) is 9.00 Å². The van der Waals surface area contributed by atoms with Crippen LogP contribution in [-0.4, -0.2) is 22.0 Å². The molecule has 0 amide bonds. The Morgan fingerprint density at radius 1 is 1.22 bits per heavy atom. The van der Waals surface area contributed by atoms with Crippen molar-refractivity contribution >= 4 is 17.0 Å². The van der Waals surface area contributed by atoms with Crippen LogP contribution in [0.5, 0.6) is 0 Å². The number of carbonyl (C=O) groups is 1. The fourth-order valence-corrected chi connectivity index (χ4v) is 3.03. The number of carbonyl (C=O) groups excluding carboxylic acids is 1. The second-order valence-electron chi connectivity index (χ2n) is 6.66. The number of benzene rings is 1. The van der Waals surface area contributed by atoms with Crippen LogP contribution >= 0.6 is 0 Å². The Morgan fingerprint density at radius 2 is 1.83 bits per heavy atom. The molecule has 0 bridgehead atoms. The fourth-order valence-electron chi connectivity index (χ4n) is 2.17. The van der Waals surface area contributed by atoms with E-state index in [0.717, 1.165) is 31.2 Å². The molecule has 0 aliphatic rings. The minimum Gasteiger partial charge on any atom is -0.465 e. The average Bonchev–Trinajstić information content (AvgIpc) is 2.52. The maximum absolute atomic E-state index is 12.4. The van der Waals surface area contributed by atoms with E-state index in [4.69, 9.17) is 4.74 Å². The third kappa shape index (κ3) is 6.43. The maximum Gasteiger partial charge on any atom is 0.337 e. The molecule has 0 heterocycles. The molecule has 0 saturated heterocycles. The Balaban J connectivity index is 2.90. The van der Waals surface area contributed by atoms with Crippen LogP contribution in [0.2, 0.25) is 0 Å². The van der Waals surface area contributed by atoms with Gasteiger partial charge in [-0.15, -0.1) is 0 Å². The van der Waals surface area contributed by atoms with Crippen LogP contribution in [0.1, 0.15) is 75.3 Å². The van der Waals surface area contributed by atoms with Gasteiger partial charge in [0.2, 0.25) is 0 Å². The number of unbranched alkanes of at least 4 members (excludes halogenated alkanes) is 2. The topological polar surface area (TPSA) is 55.4 Å². The summed E-state index contributed by atoms with van der Waals surface area (Å²) in [6.07, 6.45) is 4.30. The molecule has 2 atom stereocenters. The van der Waals surface area contributed by atoms with E-state index in [0.29, 0.717) is 5.56 Å². The van der Waals surface area contributed by atoms with E-state index in [1.165, 1.54) is 7.11 Å². The van der Waals surface area contributed by atoms with Crippen molar-refractivity contribution in [1.82, 2.24) is 4.72 Å². The average molecular weight is 340 g/mol. The van der Waals surface area contributed by atoms with Crippen molar-refractivity contribution in [3.8, 4) is 0 Å². The fraction of sp³-hybridized carbons (Fsp3) is 0.611. The zero-order valence-electron chi connectivity index (χ0n) is 14.8. The maximum atomic E-state index is 12.4. The second kappa shape index (κ2) is 9.18. The molecule has 0 aliphatic carbocycles. The number of esters is 1. The molecule has 130 valence electrons. The number of hydrogen-bond acceptors (Lipinski definition) is 3. The molecule has 0 spiro atoms. The molecule has 0 aromatic heterocycles. The molecular weight excluding hydrogens is 310 g/mol. The van der Waals surface area contributed by atoms with Gasteiger partial charge in [0, 0.05) is 6.04 Å². The molecule has 0 aliphatic heterocycles. The highest BCUT2D eigenvalue weighted by Crippen LogP contribution is 2.23. The van der Waals surface area contributed by atoms with Gasteiger partial charge in [-0.2, -0.15) is 0 Å². The largest absolute Gasteiger partial charge is 0.465 e. The van der Waals surface area contributed by atoms with Crippen LogP contribution in [0, 0.1) is 0 Å². The van der Waals surface area contributed by atoms with Gasteiger partial charge in [0.05, 0.1) is 28.4 Å². The lowest BCUT2D eigenvalue weighted by molar-refractivity contribution is 0.0600. The van der Waals surface area contributed by atoms with Crippen LogP contribution in [0.15, 0.2) is 24.3 Å². The van der Waals surface area contributed by atoms with Crippen LogP contribution in [0.3, 0.4) is 0 Å². The third-order valence-corrected chi connectivity index (χ3v) is 5.25.